The molecule has 0 unspecified atom stereocenters. The van der Waals surface area contributed by atoms with Gasteiger partial charge < -0.3 is 5.32 Å². The van der Waals surface area contributed by atoms with Crippen molar-refractivity contribution < 1.29 is 4.79 Å². The Morgan fingerprint density at radius 2 is 2.05 bits per heavy atom. The van der Waals surface area contributed by atoms with Gasteiger partial charge in [0.15, 0.2) is 5.69 Å². The molecule has 6 nitrogen and oxygen atoms in total. The standard InChI is InChI=1S/C15H15N5OS/c1-10-14(22-11(2)18-10)9-16-15(21)13-8-17-20(19-13)12-6-4-3-5-7-12/h3-8H,9H2,1-2H3,(H,16,21). The molecule has 0 aliphatic rings. The number of hydrogen-bond acceptors (Lipinski definition) is 5. The minimum absolute atomic E-state index is 0.243. The third-order valence-electron chi connectivity index (χ3n) is 3.12. The number of nitrogens with one attached hydrogen (secondary N) is 1. The number of para-hydroxylation sites is 1. The molecule has 0 bridgehead atoms. The molecule has 1 amide bonds. The number of aromatic nitrogens is 4. The van der Waals surface area contributed by atoms with Crippen LogP contribution in [0, 0.1) is 13.8 Å². The van der Waals surface area contributed by atoms with E-state index < -0.39 is 0 Å². The van der Waals surface area contributed by atoms with Crippen molar-refractivity contribution in [2.45, 2.75) is 20.4 Å². The minimum Gasteiger partial charge on any atom is -0.346 e. The predicted molar refractivity (Wildman–Crippen MR) is 84.1 cm³/mol. The molecule has 0 fully saturated rings. The second-order valence-corrected chi connectivity index (χ2v) is 6.07. The second-order valence-electron chi connectivity index (χ2n) is 4.78. The lowest BCUT2D eigenvalue weighted by atomic mass is 10.3. The molecule has 2 heterocycles. The van der Waals surface area contributed by atoms with Crippen molar-refractivity contribution >= 4 is 17.2 Å². The van der Waals surface area contributed by atoms with Gasteiger partial charge in [0, 0.05) is 4.88 Å². The number of aryl methyl sites for hydroxylation is 2. The van der Waals surface area contributed by atoms with E-state index in [0.29, 0.717) is 12.2 Å². The summed E-state index contributed by atoms with van der Waals surface area (Å²) in [4.78, 5) is 19.0. The van der Waals surface area contributed by atoms with Gasteiger partial charge in [0.1, 0.15) is 0 Å². The molecular formula is C15H15N5OS. The molecule has 0 aliphatic heterocycles. The van der Waals surface area contributed by atoms with Gasteiger partial charge in [-0.15, -0.1) is 16.4 Å². The molecule has 3 aromatic rings. The van der Waals surface area contributed by atoms with Crippen LogP contribution in [-0.2, 0) is 6.54 Å². The quantitative estimate of drug-likeness (QED) is 0.802. The molecule has 0 radical (unpaired) electrons. The number of rotatable bonds is 4. The molecule has 0 spiro atoms. The van der Waals surface area contributed by atoms with Gasteiger partial charge in [-0.05, 0) is 26.0 Å². The van der Waals surface area contributed by atoms with E-state index in [1.165, 1.54) is 11.0 Å². The molecule has 0 atom stereocenters. The Labute approximate surface area is 131 Å². The van der Waals surface area contributed by atoms with Crippen LogP contribution in [-0.4, -0.2) is 25.9 Å². The number of benzene rings is 1. The molecule has 1 aromatic carbocycles. The third kappa shape index (κ3) is 3.04. The highest BCUT2D eigenvalue weighted by Gasteiger charge is 2.12. The fraction of sp³-hybridized carbons (Fsp3) is 0.200. The number of nitrogens with zero attached hydrogens (tertiary/aromatic N) is 4. The van der Waals surface area contributed by atoms with E-state index in [4.69, 9.17) is 0 Å². The maximum atomic E-state index is 12.1. The first-order valence-electron chi connectivity index (χ1n) is 6.82. The lowest BCUT2D eigenvalue weighted by molar-refractivity contribution is 0.0946. The summed E-state index contributed by atoms with van der Waals surface area (Å²) < 4.78 is 0. The van der Waals surface area contributed by atoms with Crippen LogP contribution in [0.15, 0.2) is 36.5 Å². The molecule has 112 valence electrons. The summed E-state index contributed by atoms with van der Waals surface area (Å²) in [5.41, 5.74) is 2.06. The van der Waals surface area contributed by atoms with E-state index in [2.05, 4.69) is 20.5 Å². The van der Waals surface area contributed by atoms with Crippen LogP contribution in [0.5, 0.6) is 0 Å². The first-order chi connectivity index (χ1) is 10.6. The largest absolute Gasteiger partial charge is 0.346 e. The van der Waals surface area contributed by atoms with Crippen LogP contribution in [0.1, 0.15) is 26.1 Å². The van der Waals surface area contributed by atoms with Crippen LogP contribution in [0.4, 0.5) is 0 Å². The van der Waals surface area contributed by atoms with Crippen molar-refractivity contribution in [1.29, 1.82) is 0 Å². The molecule has 0 saturated carbocycles. The molecule has 22 heavy (non-hydrogen) atoms. The number of thiazole rings is 1. The van der Waals surface area contributed by atoms with Crippen LogP contribution in [0.25, 0.3) is 5.69 Å². The summed E-state index contributed by atoms with van der Waals surface area (Å²) in [6.07, 6.45) is 1.47. The third-order valence-corrected chi connectivity index (χ3v) is 4.19. The van der Waals surface area contributed by atoms with Gasteiger partial charge in [-0.3, -0.25) is 4.79 Å². The predicted octanol–water partition coefficient (Wildman–Crippen LogP) is 2.27. The first-order valence-corrected chi connectivity index (χ1v) is 7.64. The Bertz CT molecular complexity index is 793. The van der Waals surface area contributed by atoms with E-state index in [9.17, 15) is 4.79 Å². The Hall–Kier alpha value is -2.54. The van der Waals surface area contributed by atoms with Gasteiger partial charge in [0.25, 0.3) is 5.91 Å². The number of carbonyl (C=O) groups is 1. The van der Waals surface area contributed by atoms with E-state index in [-0.39, 0.29) is 5.91 Å². The molecular weight excluding hydrogens is 298 g/mol. The summed E-state index contributed by atoms with van der Waals surface area (Å²) in [5, 5.41) is 12.2. The van der Waals surface area contributed by atoms with Gasteiger partial charge >= 0.3 is 0 Å². The van der Waals surface area contributed by atoms with E-state index in [0.717, 1.165) is 21.3 Å². The average Bonchev–Trinajstić information content (AvgIpc) is 3.12. The van der Waals surface area contributed by atoms with Crippen molar-refractivity contribution in [3.63, 3.8) is 0 Å². The smallest absolute Gasteiger partial charge is 0.273 e. The van der Waals surface area contributed by atoms with Crippen molar-refractivity contribution in [3.8, 4) is 5.69 Å². The normalized spacial score (nSPS) is 10.6. The van der Waals surface area contributed by atoms with Crippen LogP contribution in [0.2, 0.25) is 0 Å². The second kappa shape index (κ2) is 6.07. The van der Waals surface area contributed by atoms with Crippen molar-refractivity contribution in [3.05, 3.63) is 57.8 Å². The van der Waals surface area contributed by atoms with E-state index in [1.807, 2.05) is 44.2 Å². The highest BCUT2D eigenvalue weighted by Crippen LogP contribution is 2.16. The highest BCUT2D eigenvalue weighted by atomic mass is 32.1. The summed E-state index contributed by atoms with van der Waals surface area (Å²) in [7, 11) is 0. The van der Waals surface area contributed by atoms with E-state index >= 15 is 0 Å². The zero-order chi connectivity index (χ0) is 15.5. The lowest BCUT2D eigenvalue weighted by Gasteiger charge is -2.01. The topological polar surface area (TPSA) is 72.7 Å². The Balaban J connectivity index is 1.68. The summed E-state index contributed by atoms with van der Waals surface area (Å²) in [6.45, 7) is 4.35. The van der Waals surface area contributed by atoms with Gasteiger partial charge in [-0.25, -0.2) is 4.98 Å². The number of carbonyl (C=O) groups excluding carboxylic acids is 1. The van der Waals surface area contributed by atoms with Crippen molar-refractivity contribution in [2.75, 3.05) is 0 Å². The van der Waals surface area contributed by atoms with Crippen LogP contribution < -0.4 is 5.32 Å². The molecule has 2 aromatic heterocycles. The summed E-state index contributed by atoms with van der Waals surface area (Å²) >= 11 is 1.59. The minimum atomic E-state index is -0.243. The maximum Gasteiger partial charge on any atom is 0.273 e. The van der Waals surface area contributed by atoms with Gasteiger partial charge in [0.05, 0.1) is 29.1 Å². The van der Waals surface area contributed by atoms with Crippen molar-refractivity contribution in [2.24, 2.45) is 0 Å². The molecule has 0 aliphatic carbocycles. The summed E-state index contributed by atoms with van der Waals surface area (Å²) in [6, 6.07) is 9.47. The van der Waals surface area contributed by atoms with Gasteiger partial charge in [0.2, 0.25) is 0 Å². The number of hydrogen-bond donors (Lipinski definition) is 1. The first kappa shape index (κ1) is 14.4. The van der Waals surface area contributed by atoms with Crippen LogP contribution >= 0.6 is 11.3 Å². The molecule has 3 rings (SSSR count). The maximum absolute atomic E-state index is 12.1. The SMILES string of the molecule is Cc1nc(C)c(CNC(=O)c2cnn(-c3ccccc3)n2)s1. The van der Waals surface area contributed by atoms with Crippen LogP contribution in [0.3, 0.4) is 0 Å². The molecule has 7 heteroatoms. The molecule has 1 N–H and O–H groups in total. The lowest BCUT2D eigenvalue weighted by Crippen LogP contribution is -2.23. The fourth-order valence-electron chi connectivity index (χ4n) is 2.04. The zero-order valence-electron chi connectivity index (χ0n) is 12.3. The monoisotopic (exact) mass is 313 g/mol. The highest BCUT2D eigenvalue weighted by molar-refractivity contribution is 7.11. The zero-order valence-corrected chi connectivity index (χ0v) is 13.1. The Kier molecular flexibility index (Phi) is 3.97. The average molecular weight is 313 g/mol. The Morgan fingerprint density at radius 1 is 1.27 bits per heavy atom. The van der Waals surface area contributed by atoms with E-state index in [1.54, 1.807) is 11.3 Å². The fourth-order valence-corrected chi connectivity index (χ4v) is 2.92. The summed E-state index contributed by atoms with van der Waals surface area (Å²) in [5.74, 6) is -0.243. The van der Waals surface area contributed by atoms with Gasteiger partial charge in [-0.1, -0.05) is 18.2 Å². The molecule has 0 saturated heterocycles. The Morgan fingerprint density at radius 3 is 2.73 bits per heavy atom. The van der Waals surface area contributed by atoms with Gasteiger partial charge in [-0.2, -0.15) is 9.90 Å². The number of amides is 1. The van der Waals surface area contributed by atoms with Crippen molar-refractivity contribution in [1.82, 2.24) is 25.3 Å².